The number of ether oxygens (including phenoxy) is 1. The lowest BCUT2D eigenvalue weighted by Crippen LogP contribution is -2.26. The molecule has 0 spiro atoms. The summed E-state index contributed by atoms with van der Waals surface area (Å²) in [6.45, 7) is 6.00. The Bertz CT molecular complexity index is 630. The van der Waals surface area contributed by atoms with E-state index >= 15 is 0 Å². The molecule has 1 unspecified atom stereocenters. The van der Waals surface area contributed by atoms with Gasteiger partial charge in [-0.2, -0.15) is 0 Å². The number of hydrogen-bond donors (Lipinski definition) is 1. The Morgan fingerprint density at radius 3 is 2.58 bits per heavy atom. The molecule has 0 radical (unpaired) electrons. The van der Waals surface area contributed by atoms with Crippen molar-refractivity contribution < 1.29 is 9.53 Å². The molecular formula is C16H17NO2. The molecule has 1 aromatic heterocycles. The number of carbonyl (C=O) groups excluding carboxylic acids is 1. The first kappa shape index (κ1) is 12.0. The number of nitrogens with one attached hydrogen (secondary N) is 1. The molecule has 3 heteroatoms. The van der Waals surface area contributed by atoms with Crippen molar-refractivity contribution >= 4 is 5.78 Å². The van der Waals surface area contributed by atoms with Crippen LogP contribution in [0.3, 0.4) is 0 Å². The smallest absolute Gasteiger partial charge is 0.220 e. The third kappa shape index (κ3) is 1.86. The molecule has 2 heterocycles. The van der Waals surface area contributed by atoms with Crippen LogP contribution in [0.4, 0.5) is 0 Å². The zero-order valence-corrected chi connectivity index (χ0v) is 11.4. The first-order valence-corrected chi connectivity index (χ1v) is 6.52. The lowest BCUT2D eigenvalue weighted by atomic mass is 10.0. The third-order valence-electron chi connectivity index (χ3n) is 4.00. The fraction of sp³-hybridized carbons (Fsp3) is 0.312. The molecule has 1 aliphatic rings. The molecule has 1 aliphatic heterocycles. The van der Waals surface area contributed by atoms with Gasteiger partial charge in [-0.05, 0) is 43.5 Å². The number of hydrogen-bond acceptors (Lipinski definition) is 2. The van der Waals surface area contributed by atoms with Crippen LogP contribution < -0.4 is 4.74 Å². The Morgan fingerprint density at radius 2 is 1.95 bits per heavy atom. The van der Waals surface area contributed by atoms with Gasteiger partial charge in [-0.25, -0.2) is 0 Å². The van der Waals surface area contributed by atoms with E-state index in [1.807, 2.05) is 45.0 Å². The Hall–Kier alpha value is -2.03. The van der Waals surface area contributed by atoms with E-state index in [-0.39, 0.29) is 5.78 Å². The average Bonchev–Trinajstić information content (AvgIpc) is 2.95. The average molecular weight is 255 g/mol. The van der Waals surface area contributed by atoms with Crippen molar-refractivity contribution in [1.29, 1.82) is 0 Å². The van der Waals surface area contributed by atoms with Crippen LogP contribution in [-0.2, 0) is 6.42 Å². The topological polar surface area (TPSA) is 42.1 Å². The zero-order chi connectivity index (χ0) is 13.6. The molecule has 1 N–H and O–H groups in total. The second-order valence-electron chi connectivity index (χ2n) is 5.16. The van der Waals surface area contributed by atoms with Crippen LogP contribution in [0.25, 0.3) is 0 Å². The van der Waals surface area contributed by atoms with E-state index < -0.39 is 6.10 Å². The number of aromatic nitrogens is 1. The van der Waals surface area contributed by atoms with Gasteiger partial charge in [0.05, 0.1) is 5.69 Å². The van der Waals surface area contributed by atoms with Crippen LogP contribution in [0.15, 0.2) is 24.3 Å². The van der Waals surface area contributed by atoms with Gasteiger partial charge in [-0.3, -0.25) is 4.79 Å². The van der Waals surface area contributed by atoms with Gasteiger partial charge in [0, 0.05) is 12.1 Å². The molecular weight excluding hydrogens is 238 g/mol. The SMILES string of the molecule is Cc1[nH]c(C(=O)C2Cc3ccccc3O2)c(C)c1C. The van der Waals surface area contributed by atoms with E-state index in [9.17, 15) is 4.79 Å². The second-order valence-corrected chi connectivity index (χ2v) is 5.16. The predicted octanol–water partition coefficient (Wildman–Crippen LogP) is 3.13. The number of aromatic amines is 1. The first-order valence-electron chi connectivity index (χ1n) is 6.52. The molecule has 1 atom stereocenters. The summed E-state index contributed by atoms with van der Waals surface area (Å²) in [5.41, 5.74) is 5.03. The number of aryl methyl sites for hydroxylation is 1. The van der Waals surface area contributed by atoms with E-state index in [4.69, 9.17) is 4.74 Å². The van der Waals surface area contributed by atoms with Crippen molar-refractivity contribution in [1.82, 2.24) is 4.98 Å². The molecule has 1 aromatic carbocycles. The summed E-state index contributed by atoms with van der Waals surface area (Å²) in [5, 5.41) is 0. The highest BCUT2D eigenvalue weighted by Crippen LogP contribution is 2.30. The van der Waals surface area contributed by atoms with E-state index in [0.717, 1.165) is 28.1 Å². The maximum absolute atomic E-state index is 12.5. The Kier molecular flexibility index (Phi) is 2.70. The van der Waals surface area contributed by atoms with Gasteiger partial charge >= 0.3 is 0 Å². The summed E-state index contributed by atoms with van der Waals surface area (Å²) in [6, 6.07) is 7.84. The number of Topliss-reactive ketones (excluding diaryl/α,β-unsaturated/α-hetero) is 1. The van der Waals surface area contributed by atoms with Crippen molar-refractivity contribution in [3.8, 4) is 5.75 Å². The molecule has 98 valence electrons. The maximum Gasteiger partial charge on any atom is 0.220 e. The van der Waals surface area contributed by atoms with Gasteiger partial charge in [0.1, 0.15) is 5.75 Å². The van der Waals surface area contributed by atoms with E-state index in [0.29, 0.717) is 12.1 Å². The minimum atomic E-state index is -0.395. The summed E-state index contributed by atoms with van der Waals surface area (Å²) in [7, 11) is 0. The fourth-order valence-corrected chi connectivity index (χ4v) is 2.58. The number of rotatable bonds is 2. The predicted molar refractivity (Wildman–Crippen MR) is 73.9 cm³/mol. The Morgan fingerprint density at radius 1 is 1.21 bits per heavy atom. The van der Waals surface area contributed by atoms with Crippen LogP contribution in [0.5, 0.6) is 5.75 Å². The maximum atomic E-state index is 12.5. The Labute approximate surface area is 112 Å². The molecule has 3 nitrogen and oxygen atoms in total. The molecule has 19 heavy (non-hydrogen) atoms. The van der Waals surface area contributed by atoms with Crippen LogP contribution in [0, 0.1) is 20.8 Å². The zero-order valence-electron chi connectivity index (χ0n) is 11.4. The van der Waals surface area contributed by atoms with Gasteiger partial charge < -0.3 is 9.72 Å². The number of H-pyrrole nitrogens is 1. The van der Waals surface area contributed by atoms with Crippen molar-refractivity contribution in [2.75, 3.05) is 0 Å². The number of fused-ring (bicyclic) bond motifs is 1. The van der Waals surface area contributed by atoms with Crippen molar-refractivity contribution in [3.05, 3.63) is 52.3 Å². The second kappa shape index (κ2) is 4.26. The van der Waals surface area contributed by atoms with Crippen LogP contribution in [0.2, 0.25) is 0 Å². The van der Waals surface area contributed by atoms with Crippen LogP contribution >= 0.6 is 0 Å². The number of carbonyl (C=O) groups is 1. The highest BCUT2D eigenvalue weighted by molar-refractivity contribution is 6.00. The molecule has 0 fully saturated rings. The summed E-state index contributed by atoms with van der Waals surface area (Å²) in [4.78, 5) is 15.7. The van der Waals surface area contributed by atoms with Crippen LogP contribution in [-0.4, -0.2) is 16.9 Å². The summed E-state index contributed by atoms with van der Waals surface area (Å²) in [6.07, 6.45) is 0.263. The minimum absolute atomic E-state index is 0.0462. The molecule has 2 aromatic rings. The van der Waals surface area contributed by atoms with Crippen molar-refractivity contribution in [2.24, 2.45) is 0 Å². The monoisotopic (exact) mass is 255 g/mol. The highest BCUT2D eigenvalue weighted by Gasteiger charge is 2.31. The minimum Gasteiger partial charge on any atom is -0.482 e. The van der Waals surface area contributed by atoms with Crippen molar-refractivity contribution in [2.45, 2.75) is 33.3 Å². The number of benzene rings is 1. The summed E-state index contributed by atoms with van der Waals surface area (Å²) >= 11 is 0. The van der Waals surface area contributed by atoms with E-state index in [2.05, 4.69) is 4.98 Å². The Balaban J connectivity index is 1.89. The van der Waals surface area contributed by atoms with Crippen LogP contribution in [0.1, 0.15) is 32.9 Å². The molecule has 0 saturated carbocycles. The molecule has 0 saturated heterocycles. The van der Waals surface area contributed by atoms with Gasteiger partial charge in [0.25, 0.3) is 0 Å². The quantitative estimate of drug-likeness (QED) is 0.838. The summed E-state index contributed by atoms with van der Waals surface area (Å²) < 4.78 is 5.76. The molecule has 3 rings (SSSR count). The molecule has 0 aliphatic carbocycles. The van der Waals surface area contributed by atoms with E-state index in [1.54, 1.807) is 0 Å². The fourth-order valence-electron chi connectivity index (χ4n) is 2.58. The van der Waals surface area contributed by atoms with Gasteiger partial charge in [-0.1, -0.05) is 18.2 Å². The normalized spacial score (nSPS) is 17.1. The van der Waals surface area contributed by atoms with Gasteiger partial charge in [0.2, 0.25) is 5.78 Å². The third-order valence-corrected chi connectivity index (χ3v) is 4.00. The largest absolute Gasteiger partial charge is 0.482 e. The van der Waals surface area contributed by atoms with E-state index in [1.165, 1.54) is 0 Å². The lowest BCUT2D eigenvalue weighted by Gasteiger charge is -2.09. The standard InChI is InChI=1S/C16H17NO2/c1-9-10(2)15(17-11(9)3)16(18)14-8-12-6-4-5-7-13(12)19-14/h4-7,14,17H,8H2,1-3H3. The lowest BCUT2D eigenvalue weighted by molar-refractivity contribution is 0.0819. The summed E-state index contributed by atoms with van der Waals surface area (Å²) in [5.74, 6) is 0.878. The van der Waals surface area contributed by atoms with Gasteiger partial charge in [0.15, 0.2) is 6.10 Å². The highest BCUT2D eigenvalue weighted by atomic mass is 16.5. The molecule has 0 bridgehead atoms. The first-order chi connectivity index (χ1) is 9.08. The van der Waals surface area contributed by atoms with Gasteiger partial charge in [-0.15, -0.1) is 0 Å². The number of para-hydroxylation sites is 1. The number of ketones is 1. The van der Waals surface area contributed by atoms with Crippen molar-refractivity contribution in [3.63, 3.8) is 0 Å². The molecule has 0 amide bonds.